The molecule has 0 heterocycles. The van der Waals surface area contributed by atoms with Gasteiger partial charge in [0.1, 0.15) is 10.6 Å². The van der Waals surface area contributed by atoms with Crippen LogP contribution in [0.25, 0.3) is 10.8 Å². The van der Waals surface area contributed by atoms with Crippen LogP contribution < -0.4 is 5.73 Å². The van der Waals surface area contributed by atoms with E-state index in [0.29, 0.717) is 11.4 Å². The van der Waals surface area contributed by atoms with Crippen molar-refractivity contribution < 1.29 is 18.1 Å². The molecular weight excluding hydrogens is 353 g/mol. The number of nitrogen functional groups attached to an aromatic ring is 1. The van der Waals surface area contributed by atoms with Gasteiger partial charge in [-0.25, -0.2) is 0 Å². The van der Waals surface area contributed by atoms with Crippen LogP contribution in [-0.4, -0.2) is 47.6 Å². The van der Waals surface area contributed by atoms with Crippen LogP contribution in [0, 0.1) is 0 Å². The van der Waals surface area contributed by atoms with Gasteiger partial charge in [-0.1, -0.05) is 18.2 Å². The van der Waals surface area contributed by atoms with Crippen LogP contribution in [0.3, 0.4) is 0 Å². The fourth-order valence-corrected chi connectivity index (χ4v) is 2.97. The Morgan fingerprint density at radius 2 is 1.56 bits per heavy atom. The van der Waals surface area contributed by atoms with Crippen molar-refractivity contribution in [3.05, 3.63) is 54.6 Å². The van der Waals surface area contributed by atoms with E-state index in [1.54, 1.807) is 24.3 Å². The van der Waals surface area contributed by atoms with Crippen molar-refractivity contribution in [2.75, 3.05) is 5.73 Å². The van der Waals surface area contributed by atoms with Crippen LogP contribution in [0.15, 0.2) is 69.7 Å². The van der Waals surface area contributed by atoms with E-state index in [1.807, 2.05) is 0 Å². The summed E-state index contributed by atoms with van der Waals surface area (Å²) in [4.78, 5) is -0.280. The van der Waals surface area contributed by atoms with Gasteiger partial charge in [-0.05, 0) is 36.4 Å². The number of phenols is 1. The first-order valence-corrected chi connectivity index (χ1v) is 8.30. The molecule has 0 saturated carbocycles. The SMILES string of the molecule is Nc1ccc(N=Nc2ccc3c(S(=O)(=O)O)cccc3c2O)cc1.[Na]. The van der Waals surface area contributed by atoms with Crippen molar-refractivity contribution >= 4 is 67.5 Å². The molecule has 3 rings (SSSR count). The number of phenolic OH excluding ortho intramolecular Hbond substituents is 1. The molecule has 0 aliphatic heterocycles. The second-order valence-electron chi connectivity index (χ2n) is 5.05. The van der Waals surface area contributed by atoms with Gasteiger partial charge < -0.3 is 10.8 Å². The summed E-state index contributed by atoms with van der Waals surface area (Å²) in [6, 6.07) is 13.8. The summed E-state index contributed by atoms with van der Waals surface area (Å²) in [5.74, 6) is -0.225. The molecule has 123 valence electrons. The van der Waals surface area contributed by atoms with Gasteiger partial charge in [-0.3, -0.25) is 4.55 Å². The molecule has 3 aromatic rings. The molecule has 9 heteroatoms. The molecule has 0 amide bonds. The fraction of sp³-hybridized carbons (Fsp3) is 0. The minimum Gasteiger partial charge on any atom is -0.505 e. The van der Waals surface area contributed by atoms with Crippen LogP contribution in [0.4, 0.5) is 17.1 Å². The van der Waals surface area contributed by atoms with Gasteiger partial charge in [0, 0.05) is 46.0 Å². The van der Waals surface area contributed by atoms with Crippen molar-refractivity contribution in [3.8, 4) is 5.75 Å². The molecule has 3 aromatic carbocycles. The zero-order valence-corrected chi connectivity index (χ0v) is 16.1. The van der Waals surface area contributed by atoms with E-state index < -0.39 is 10.1 Å². The van der Waals surface area contributed by atoms with Crippen LogP contribution >= 0.6 is 0 Å². The Labute approximate surface area is 166 Å². The van der Waals surface area contributed by atoms with Crippen molar-refractivity contribution in [3.63, 3.8) is 0 Å². The van der Waals surface area contributed by atoms with E-state index in [2.05, 4.69) is 10.2 Å². The Balaban J connectivity index is 0.00000225. The van der Waals surface area contributed by atoms with Crippen molar-refractivity contribution in [1.29, 1.82) is 0 Å². The molecule has 0 aromatic heterocycles. The fourth-order valence-electron chi connectivity index (χ4n) is 2.26. The van der Waals surface area contributed by atoms with Gasteiger partial charge in [-0.2, -0.15) is 13.5 Å². The minimum atomic E-state index is -4.40. The maximum Gasteiger partial charge on any atom is 0.295 e. The molecule has 0 aliphatic rings. The predicted molar refractivity (Wildman–Crippen MR) is 96.2 cm³/mol. The molecule has 0 atom stereocenters. The Kier molecular flexibility index (Phi) is 5.81. The Bertz CT molecular complexity index is 1050. The second kappa shape index (κ2) is 7.51. The van der Waals surface area contributed by atoms with Crippen LogP contribution in [0.5, 0.6) is 5.75 Å². The first-order valence-electron chi connectivity index (χ1n) is 6.86. The number of hydrogen-bond donors (Lipinski definition) is 3. The van der Waals surface area contributed by atoms with Crippen molar-refractivity contribution in [1.82, 2.24) is 0 Å². The molecule has 0 bridgehead atoms. The first kappa shape index (κ1) is 19.4. The topological polar surface area (TPSA) is 125 Å². The van der Waals surface area contributed by atoms with E-state index >= 15 is 0 Å². The number of hydrogen-bond acceptors (Lipinski definition) is 6. The Morgan fingerprint density at radius 3 is 2.20 bits per heavy atom. The summed E-state index contributed by atoms with van der Waals surface area (Å²) in [5, 5.41) is 18.7. The third-order valence-corrected chi connectivity index (χ3v) is 4.33. The van der Waals surface area contributed by atoms with Gasteiger partial charge in [-0.15, -0.1) is 5.11 Å². The van der Waals surface area contributed by atoms with Crippen LogP contribution in [-0.2, 0) is 10.1 Å². The smallest absolute Gasteiger partial charge is 0.295 e. The van der Waals surface area contributed by atoms with Gasteiger partial charge >= 0.3 is 0 Å². The number of benzene rings is 3. The quantitative estimate of drug-likeness (QED) is 0.283. The number of azo groups is 1. The van der Waals surface area contributed by atoms with Crippen LogP contribution in [0.1, 0.15) is 0 Å². The molecule has 1 radical (unpaired) electrons. The van der Waals surface area contributed by atoms with E-state index in [-0.39, 0.29) is 56.7 Å². The van der Waals surface area contributed by atoms with Crippen molar-refractivity contribution in [2.24, 2.45) is 10.2 Å². The number of anilines is 1. The number of aromatic hydroxyl groups is 1. The molecule has 4 N–H and O–H groups in total. The molecular formula is C16H13N3NaO4S. The molecule has 0 fully saturated rings. The number of rotatable bonds is 3. The third kappa shape index (κ3) is 4.17. The zero-order valence-electron chi connectivity index (χ0n) is 13.3. The summed E-state index contributed by atoms with van der Waals surface area (Å²) < 4.78 is 32.1. The largest absolute Gasteiger partial charge is 0.505 e. The molecule has 0 saturated heterocycles. The Morgan fingerprint density at radius 1 is 0.880 bits per heavy atom. The predicted octanol–water partition coefficient (Wildman–Crippen LogP) is 3.41. The average Bonchev–Trinajstić information content (AvgIpc) is 2.54. The van der Waals surface area contributed by atoms with E-state index in [4.69, 9.17) is 5.73 Å². The second-order valence-corrected chi connectivity index (χ2v) is 6.44. The Hall–Kier alpha value is -1.97. The van der Waals surface area contributed by atoms with E-state index in [9.17, 15) is 18.1 Å². The van der Waals surface area contributed by atoms with Gasteiger partial charge in [0.2, 0.25) is 0 Å². The zero-order chi connectivity index (χ0) is 17.3. The maximum absolute atomic E-state index is 11.4. The monoisotopic (exact) mass is 366 g/mol. The number of nitrogens with two attached hydrogens (primary N) is 1. The van der Waals surface area contributed by atoms with Gasteiger partial charge in [0.25, 0.3) is 10.1 Å². The first-order chi connectivity index (χ1) is 11.4. The van der Waals surface area contributed by atoms with Gasteiger partial charge in [0.15, 0.2) is 5.75 Å². The maximum atomic E-state index is 11.4. The third-order valence-electron chi connectivity index (χ3n) is 3.42. The molecule has 25 heavy (non-hydrogen) atoms. The normalized spacial score (nSPS) is 11.6. The summed E-state index contributed by atoms with van der Waals surface area (Å²) in [6.45, 7) is 0. The molecule has 0 spiro atoms. The van der Waals surface area contributed by atoms with E-state index in [1.165, 1.54) is 30.3 Å². The average molecular weight is 366 g/mol. The summed E-state index contributed by atoms with van der Waals surface area (Å²) >= 11 is 0. The van der Waals surface area contributed by atoms with Gasteiger partial charge in [0.05, 0.1) is 5.69 Å². The minimum absolute atomic E-state index is 0. The molecule has 0 aliphatic carbocycles. The summed E-state index contributed by atoms with van der Waals surface area (Å²) in [6.07, 6.45) is 0. The standard InChI is InChI=1S/C16H13N3O4S.Na/c17-10-4-6-11(7-5-10)18-19-14-9-8-12-13(16(14)20)2-1-3-15(12)24(21,22)23;/h1-9,20H,17H2,(H,21,22,23);. The van der Waals surface area contributed by atoms with Crippen molar-refractivity contribution in [2.45, 2.75) is 4.90 Å². The number of fused-ring (bicyclic) bond motifs is 1. The van der Waals surface area contributed by atoms with E-state index in [0.717, 1.165) is 0 Å². The summed E-state index contributed by atoms with van der Waals surface area (Å²) in [7, 11) is -4.40. The number of nitrogens with zero attached hydrogens (tertiary/aromatic N) is 2. The van der Waals surface area contributed by atoms with Crippen LogP contribution in [0.2, 0.25) is 0 Å². The molecule has 7 nitrogen and oxygen atoms in total. The molecule has 0 unspecified atom stereocenters. The summed E-state index contributed by atoms with van der Waals surface area (Å²) in [5.41, 5.74) is 6.91.